The van der Waals surface area contributed by atoms with E-state index in [-0.39, 0.29) is 6.04 Å². The Bertz CT molecular complexity index is 574. The van der Waals surface area contributed by atoms with Crippen LogP contribution < -0.4 is 5.32 Å². The highest BCUT2D eigenvalue weighted by molar-refractivity contribution is 9.10. The highest BCUT2D eigenvalue weighted by Gasteiger charge is 2.08. The third-order valence-corrected chi connectivity index (χ3v) is 4.70. The van der Waals surface area contributed by atoms with Crippen LogP contribution in [0.3, 0.4) is 0 Å². The van der Waals surface area contributed by atoms with E-state index in [1.54, 1.807) is 11.8 Å². The molecule has 0 saturated carbocycles. The summed E-state index contributed by atoms with van der Waals surface area (Å²) in [4.78, 5) is 2.34. The number of hydrogen-bond donors (Lipinski definition) is 1. The van der Waals surface area contributed by atoms with Gasteiger partial charge in [0.1, 0.15) is 0 Å². The van der Waals surface area contributed by atoms with Gasteiger partial charge < -0.3 is 5.32 Å². The third kappa shape index (κ3) is 3.99. The second kappa shape index (κ2) is 6.80. The lowest BCUT2D eigenvalue weighted by atomic mass is 10.1. The smallest absolute Gasteiger partial charge is 0.0464 e. The molecular weight excluding hydrogens is 342 g/mol. The van der Waals surface area contributed by atoms with Crippen LogP contribution in [0.2, 0.25) is 5.02 Å². The first kappa shape index (κ1) is 14.9. The summed E-state index contributed by atoms with van der Waals surface area (Å²) in [5.41, 5.74) is 1.13. The van der Waals surface area contributed by atoms with Gasteiger partial charge in [0.25, 0.3) is 0 Å². The summed E-state index contributed by atoms with van der Waals surface area (Å²) in [5.74, 6) is 0. The first-order valence-corrected chi connectivity index (χ1v) is 7.99. The molecule has 100 valence electrons. The van der Waals surface area contributed by atoms with Crippen molar-refractivity contribution < 1.29 is 0 Å². The van der Waals surface area contributed by atoms with Crippen LogP contribution in [-0.2, 0) is 0 Å². The molecule has 1 nitrogen and oxygen atoms in total. The topological polar surface area (TPSA) is 12.0 Å². The van der Waals surface area contributed by atoms with Crippen molar-refractivity contribution in [3.8, 4) is 0 Å². The fourth-order valence-electron chi connectivity index (χ4n) is 1.74. The second-order valence-electron chi connectivity index (χ2n) is 4.25. The van der Waals surface area contributed by atoms with Crippen LogP contribution >= 0.6 is 39.3 Å². The Morgan fingerprint density at radius 1 is 1.16 bits per heavy atom. The van der Waals surface area contributed by atoms with Crippen molar-refractivity contribution in [2.45, 2.75) is 22.8 Å². The SMILES string of the molecule is CNC(C)c1ccc(Sc2cccc(Br)c2)cc1Cl. The van der Waals surface area contributed by atoms with Crippen LogP contribution in [0.5, 0.6) is 0 Å². The lowest BCUT2D eigenvalue weighted by Gasteiger charge is -2.13. The van der Waals surface area contributed by atoms with E-state index in [0.717, 1.165) is 20.0 Å². The molecule has 19 heavy (non-hydrogen) atoms. The maximum atomic E-state index is 6.34. The molecule has 0 saturated heterocycles. The van der Waals surface area contributed by atoms with Crippen molar-refractivity contribution in [3.63, 3.8) is 0 Å². The molecule has 2 rings (SSSR count). The summed E-state index contributed by atoms with van der Waals surface area (Å²) in [6, 6.07) is 14.7. The second-order valence-corrected chi connectivity index (χ2v) is 6.72. The predicted molar refractivity (Wildman–Crippen MR) is 87.2 cm³/mol. The molecule has 0 aliphatic rings. The standard InChI is InChI=1S/C15H15BrClNS/c1-10(18-2)14-7-6-13(9-15(14)17)19-12-5-3-4-11(16)8-12/h3-10,18H,1-2H3. The van der Waals surface area contributed by atoms with Gasteiger partial charge in [-0.15, -0.1) is 0 Å². The molecule has 0 amide bonds. The minimum atomic E-state index is 0.261. The average molecular weight is 357 g/mol. The molecule has 1 N–H and O–H groups in total. The van der Waals surface area contributed by atoms with Crippen molar-refractivity contribution in [2.24, 2.45) is 0 Å². The lowest BCUT2D eigenvalue weighted by Crippen LogP contribution is -2.12. The Morgan fingerprint density at radius 2 is 1.89 bits per heavy atom. The molecule has 0 bridgehead atoms. The zero-order chi connectivity index (χ0) is 13.8. The van der Waals surface area contributed by atoms with Gasteiger partial charge in [0.15, 0.2) is 0 Å². The summed E-state index contributed by atoms with van der Waals surface area (Å²) >= 11 is 11.5. The van der Waals surface area contributed by atoms with Gasteiger partial charge in [-0.25, -0.2) is 0 Å². The maximum Gasteiger partial charge on any atom is 0.0464 e. The van der Waals surface area contributed by atoms with Gasteiger partial charge in [0, 0.05) is 25.3 Å². The van der Waals surface area contributed by atoms with E-state index < -0.39 is 0 Å². The molecule has 0 radical (unpaired) electrons. The molecule has 2 aromatic rings. The van der Waals surface area contributed by atoms with Crippen LogP contribution in [0.15, 0.2) is 56.7 Å². The summed E-state index contributed by atoms with van der Waals surface area (Å²) in [5, 5.41) is 4.01. The van der Waals surface area contributed by atoms with E-state index in [1.807, 2.05) is 25.2 Å². The highest BCUT2D eigenvalue weighted by Crippen LogP contribution is 2.33. The first-order chi connectivity index (χ1) is 9.10. The van der Waals surface area contributed by atoms with E-state index in [1.165, 1.54) is 4.90 Å². The van der Waals surface area contributed by atoms with E-state index >= 15 is 0 Å². The van der Waals surface area contributed by atoms with Gasteiger partial charge >= 0.3 is 0 Å². The van der Waals surface area contributed by atoms with Crippen molar-refractivity contribution >= 4 is 39.3 Å². The first-order valence-electron chi connectivity index (χ1n) is 6.00. The maximum absolute atomic E-state index is 6.34. The van der Waals surface area contributed by atoms with Crippen molar-refractivity contribution in [1.29, 1.82) is 0 Å². The molecule has 1 unspecified atom stereocenters. The van der Waals surface area contributed by atoms with Crippen molar-refractivity contribution in [2.75, 3.05) is 7.05 Å². The Morgan fingerprint density at radius 3 is 2.53 bits per heavy atom. The third-order valence-electron chi connectivity index (χ3n) is 2.90. The molecule has 0 aliphatic heterocycles. The van der Waals surface area contributed by atoms with E-state index in [2.05, 4.69) is 52.4 Å². The molecule has 0 aliphatic carbocycles. The van der Waals surface area contributed by atoms with Gasteiger partial charge in [-0.2, -0.15) is 0 Å². The Hall–Kier alpha value is -0.480. The van der Waals surface area contributed by atoms with Crippen molar-refractivity contribution in [1.82, 2.24) is 5.32 Å². The quantitative estimate of drug-likeness (QED) is 0.772. The van der Waals surface area contributed by atoms with Crippen LogP contribution in [0, 0.1) is 0 Å². The predicted octanol–water partition coefficient (Wildman–Crippen LogP) is 5.53. The zero-order valence-electron chi connectivity index (χ0n) is 10.8. The minimum absolute atomic E-state index is 0.261. The zero-order valence-corrected chi connectivity index (χ0v) is 13.9. The van der Waals surface area contributed by atoms with Gasteiger partial charge in [0.2, 0.25) is 0 Å². The number of halogens is 2. The average Bonchev–Trinajstić information content (AvgIpc) is 2.38. The molecule has 0 aromatic heterocycles. The number of hydrogen-bond acceptors (Lipinski definition) is 2. The molecule has 0 heterocycles. The number of rotatable bonds is 4. The van der Waals surface area contributed by atoms with Crippen LogP contribution in [0.25, 0.3) is 0 Å². The van der Waals surface area contributed by atoms with Gasteiger partial charge in [-0.05, 0) is 49.9 Å². The van der Waals surface area contributed by atoms with Gasteiger partial charge in [-0.1, -0.05) is 51.4 Å². The molecule has 0 spiro atoms. The summed E-state index contributed by atoms with van der Waals surface area (Å²) in [6.45, 7) is 2.10. The molecule has 0 fully saturated rings. The number of nitrogens with one attached hydrogen (secondary N) is 1. The lowest BCUT2D eigenvalue weighted by molar-refractivity contribution is 0.652. The van der Waals surface area contributed by atoms with Crippen molar-refractivity contribution in [3.05, 3.63) is 57.5 Å². The fourth-order valence-corrected chi connectivity index (χ4v) is 3.62. The van der Waals surface area contributed by atoms with E-state index in [4.69, 9.17) is 11.6 Å². The largest absolute Gasteiger partial charge is 0.313 e. The summed E-state index contributed by atoms with van der Waals surface area (Å²) in [7, 11) is 1.94. The van der Waals surface area contributed by atoms with Crippen LogP contribution in [-0.4, -0.2) is 7.05 Å². The van der Waals surface area contributed by atoms with E-state index in [0.29, 0.717) is 0 Å². The number of benzene rings is 2. The molecule has 1 atom stereocenters. The fraction of sp³-hybridized carbons (Fsp3) is 0.200. The summed E-state index contributed by atoms with van der Waals surface area (Å²) < 4.78 is 1.09. The van der Waals surface area contributed by atoms with Gasteiger partial charge in [0.05, 0.1) is 0 Å². The molecular formula is C15H15BrClNS. The summed E-state index contributed by atoms with van der Waals surface area (Å²) in [6.07, 6.45) is 0. The Kier molecular flexibility index (Phi) is 5.34. The Balaban J connectivity index is 2.21. The normalized spacial score (nSPS) is 12.4. The van der Waals surface area contributed by atoms with Crippen LogP contribution in [0.4, 0.5) is 0 Å². The molecule has 2 aromatic carbocycles. The monoisotopic (exact) mass is 355 g/mol. The highest BCUT2D eigenvalue weighted by atomic mass is 79.9. The van der Waals surface area contributed by atoms with Crippen LogP contribution in [0.1, 0.15) is 18.5 Å². The van der Waals surface area contributed by atoms with Gasteiger partial charge in [-0.3, -0.25) is 0 Å². The molecule has 4 heteroatoms. The minimum Gasteiger partial charge on any atom is -0.313 e. The van der Waals surface area contributed by atoms with E-state index in [9.17, 15) is 0 Å². The Labute approximate surface area is 131 Å².